The zero-order valence-electron chi connectivity index (χ0n) is 17.1. The Labute approximate surface area is 181 Å². The van der Waals surface area contributed by atoms with Crippen molar-refractivity contribution < 1.29 is 13.2 Å². The van der Waals surface area contributed by atoms with Gasteiger partial charge in [0.1, 0.15) is 0 Å². The molecule has 0 saturated carbocycles. The predicted octanol–water partition coefficient (Wildman–Crippen LogP) is 4.78. The Kier molecular flexibility index (Phi) is 5.77. The molecule has 0 saturated heterocycles. The lowest BCUT2D eigenvalue weighted by atomic mass is 10.2. The second-order valence-electron chi connectivity index (χ2n) is 7.36. The highest BCUT2D eigenvalue weighted by Gasteiger charge is 2.14. The molecule has 0 unspecified atom stereocenters. The van der Waals surface area contributed by atoms with Crippen molar-refractivity contribution in [3.63, 3.8) is 0 Å². The van der Waals surface area contributed by atoms with Gasteiger partial charge in [0.05, 0.1) is 4.90 Å². The van der Waals surface area contributed by atoms with E-state index in [2.05, 4.69) is 14.6 Å². The average molecular weight is 434 g/mol. The first-order valence-electron chi connectivity index (χ1n) is 9.94. The highest BCUT2D eigenvalue weighted by Crippen LogP contribution is 2.19. The summed E-state index contributed by atoms with van der Waals surface area (Å²) in [5, 5.41) is 4.00. The Morgan fingerprint density at radius 2 is 1.55 bits per heavy atom. The van der Waals surface area contributed by atoms with Crippen molar-refractivity contribution in [2.45, 2.75) is 24.8 Å². The number of aromatic nitrogens is 1. The van der Waals surface area contributed by atoms with Crippen LogP contribution in [0.2, 0.25) is 0 Å². The molecule has 1 amide bonds. The third-order valence-electron chi connectivity index (χ3n) is 5.01. The Morgan fingerprint density at radius 3 is 2.29 bits per heavy atom. The van der Waals surface area contributed by atoms with Gasteiger partial charge in [0.25, 0.3) is 10.0 Å². The van der Waals surface area contributed by atoms with Crippen LogP contribution in [0.15, 0.2) is 90.0 Å². The van der Waals surface area contributed by atoms with E-state index in [-0.39, 0.29) is 10.8 Å². The summed E-state index contributed by atoms with van der Waals surface area (Å²) in [6.45, 7) is 2.48. The molecular formula is C24H23N3O3S. The predicted molar refractivity (Wildman–Crippen MR) is 124 cm³/mol. The molecule has 0 spiro atoms. The van der Waals surface area contributed by atoms with E-state index in [1.54, 1.807) is 48.5 Å². The van der Waals surface area contributed by atoms with Gasteiger partial charge in [0.2, 0.25) is 5.91 Å². The summed E-state index contributed by atoms with van der Waals surface area (Å²) in [4.78, 5) is 12.5. The first-order valence-corrected chi connectivity index (χ1v) is 11.4. The number of para-hydroxylation sites is 1. The molecule has 0 bridgehead atoms. The number of nitrogens with zero attached hydrogens (tertiary/aromatic N) is 1. The lowest BCUT2D eigenvalue weighted by Gasteiger charge is -2.10. The van der Waals surface area contributed by atoms with Crippen LogP contribution in [0.25, 0.3) is 10.9 Å². The minimum absolute atomic E-state index is 0.106. The van der Waals surface area contributed by atoms with E-state index in [1.807, 2.05) is 43.5 Å². The van der Waals surface area contributed by atoms with Gasteiger partial charge >= 0.3 is 0 Å². The van der Waals surface area contributed by atoms with Crippen LogP contribution >= 0.6 is 0 Å². The van der Waals surface area contributed by atoms with E-state index in [1.165, 1.54) is 0 Å². The number of amides is 1. The smallest absolute Gasteiger partial charge is 0.261 e. The molecule has 1 heterocycles. The maximum Gasteiger partial charge on any atom is 0.261 e. The molecule has 0 fully saturated rings. The van der Waals surface area contributed by atoms with E-state index in [9.17, 15) is 13.2 Å². The number of aryl methyl sites for hydroxylation is 2. The molecule has 3 aromatic carbocycles. The van der Waals surface area contributed by atoms with Crippen molar-refractivity contribution in [1.82, 2.24) is 4.57 Å². The van der Waals surface area contributed by atoms with E-state index in [4.69, 9.17) is 0 Å². The largest absolute Gasteiger partial charge is 0.347 e. The van der Waals surface area contributed by atoms with Crippen LogP contribution in [0.1, 0.15) is 12.0 Å². The van der Waals surface area contributed by atoms with Crippen LogP contribution in [-0.4, -0.2) is 18.9 Å². The van der Waals surface area contributed by atoms with E-state index in [0.717, 1.165) is 16.5 Å². The highest BCUT2D eigenvalue weighted by atomic mass is 32.2. The van der Waals surface area contributed by atoms with Gasteiger partial charge in [-0.05, 0) is 60.8 Å². The molecular weight excluding hydrogens is 410 g/mol. The Balaban J connectivity index is 1.34. The molecule has 1 aromatic heterocycles. The minimum Gasteiger partial charge on any atom is -0.347 e. The van der Waals surface area contributed by atoms with Crippen LogP contribution in [-0.2, 0) is 21.4 Å². The third kappa shape index (κ3) is 4.95. The summed E-state index contributed by atoms with van der Waals surface area (Å²) in [5.41, 5.74) is 3.13. The second kappa shape index (κ2) is 8.65. The number of fused-ring (bicyclic) bond motifs is 1. The Bertz CT molecular complexity index is 1310. The number of nitrogens with one attached hydrogen (secondary N) is 2. The average Bonchev–Trinajstić information content (AvgIpc) is 3.17. The van der Waals surface area contributed by atoms with E-state index in [0.29, 0.717) is 24.3 Å². The molecule has 2 N–H and O–H groups in total. The van der Waals surface area contributed by atoms with Gasteiger partial charge in [-0.3, -0.25) is 9.52 Å². The summed E-state index contributed by atoms with van der Waals surface area (Å²) in [6, 6.07) is 23.3. The van der Waals surface area contributed by atoms with Crippen molar-refractivity contribution >= 4 is 38.2 Å². The van der Waals surface area contributed by atoms with Crippen molar-refractivity contribution in [2.75, 3.05) is 10.0 Å². The van der Waals surface area contributed by atoms with Crippen molar-refractivity contribution in [3.05, 3.63) is 90.6 Å². The molecule has 4 aromatic rings. The summed E-state index contributed by atoms with van der Waals surface area (Å²) in [7, 11) is -3.66. The molecule has 0 radical (unpaired) electrons. The molecule has 0 aliphatic rings. The van der Waals surface area contributed by atoms with E-state index < -0.39 is 10.0 Å². The second-order valence-corrected chi connectivity index (χ2v) is 9.04. The van der Waals surface area contributed by atoms with Crippen molar-refractivity contribution in [2.24, 2.45) is 0 Å². The first kappa shape index (κ1) is 20.7. The number of benzene rings is 3. The molecule has 31 heavy (non-hydrogen) atoms. The Morgan fingerprint density at radius 1 is 0.871 bits per heavy atom. The molecule has 0 atom stereocenters. The fourth-order valence-electron chi connectivity index (χ4n) is 3.33. The minimum atomic E-state index is -3.66. The molecule has 6 nitrogen and oxygen atoms in total. The number of hydrogen-bond acceptors (Lipinski definition) is 3. The van der Waals surface area contributed by atoms with Gasteiger partial charge < -0.3 is 9.88 Å². The molecule has 4 rings (SSSR count). The molecule has 158 valence electrons. The zero-order valence-corrected chi connectivity index (χ0v) is 17.9. The molecule has 0 aliphatic heterocycles. The number of carbonyl (C=O) groups excluding carboxylic acids is 1. The van der Waals surface area contributed by atoms with Crippen LogP contribution in [0.3, 0.4) is 0 Å². The van der Waals surface area contributed by atoms with Gasteiger partial charge in [0, 0.05) is 36.1 Å². The summed E-state index contributed by atoms with van der Waals surface area (Å²) < 4.78 is 29.6. The van der Waals surface area contributed by atoms with Crippen LogP contribution in [0.4, 0.5) is 11.4 Å². The quantitative estimate of drug-likeness (QED) is 0.440. The number of anilines is 2. The van der Waals surface area contributed by atoms with Gasteiger partial charge in [-0.1, -0.05) is 35.9 Å². The van der Waals surface area contributed by atoms with E-state index >= 15 is 0 Å². The maximum atomic E-state index is 12.5. The van der Waals surface area contributed by atoms with Crippen LogP contribution in [0.5, 0.6) is 0 Å². The zero-order chi connectivity index (χ0) is 21.8. The number of rotatable bonds is 7. The summed E-state index contributed by atoms with van der Waals surface area (Å²) in [6.07, 6.45) is 2.31. The first-order chi connectivity index (χ1) is 14.9. The SMILES string of the molecule is Cc1ccc(S(=O)(=O)Nc2ccc(NC(=O)CCn3ccc4ccccc43)cc2)cc1. The van der Waals surface area contributed by atoms with Crippen molar-refractivity contribution in [1.29, 1.82) is 0 Å². The fraction of sp³-hybridized carbons (Fsp3) is 0.125. The van der Waals surface area contributed by atoms with Gasteiger partial charge in [-0.15, -0.1) is 0 Å². The summed E-state index contributed by atoms with van der Waals surface area (Å²) >= 11 is 0. The fourth-order valence-corrected chi connectivity index (χ4v) is 4.39. The van der Waals surface area contributed by atoms with Crippen molar-refractivity contribution in [3.8, 4) is 0 Å². The number of sulfonamides is 1. The third-order valence-corrected chi connectivity index (χ3v) is 6.41. The Hall–Kier alpha value is -3.58. The monoisotopic (exact) mass is 433 g/mol. The summed E-state index contributed by atoms with van der Waals surface area (Å²) in [5.74, 6) is -0.106. The van der Waals surface area contributed by atoms with Gasteiger partial charge in [0.15, 0.2) is 0 Å². The number of carbonyl (C=O) groups is 1. The van der Waals surface area contributed by atoms with Gasteiger partial charge in [-0.2, -0.15) is 0 Å². The number of hydrogen-bond donors (Lipinski definition) is 2. The standard InChI is InChI=1S/C24H23N3O3S/c1-18-6-12-22(13-7-18)31(29,30)26-21-10-8-20(9-11-21)25-24(28)15-17-27-16-14-19-4-2-3-5-23(19)27/h2-14,16,26H,15,17H2,1H3,(H,25,28). The lowest BCUT2D eigenvalue weighted by Crippen LogP contribution is -2.15. The van der Waals surface area contributed by atoms with Gasteiger partial charge in [-0.25, -0.2) is 8.42 Å². The topological polar surface area (TPSA) is 80.2 Å². The normalized spacial score (nSPS) is 11.4. The van der Waals surface area contributed by atoms with Crippen LogP contribution in [0, 0.1) is 6.92 Å². The lowest BCUT2D eigenvalue weighted by molar-refractivity contribution is -0.116. The molecule has 7 heteroatoms. The highest BCUT2D eigenvalue weighted by molar-refractivity contribution is 7.92. The maximum absolute atomic E-state index is 12.5. The molecule has 0 aliphatic carbocycles. The van der Waals surface area contributed by atoms with Crippen LogP contribution < -0.4 is 10.0 Å².